The maximum absolute atomic E-state index is 12.6. The van der Waals surface area contributed by atoms with Crippen molar-refractivity contribution in [1.82, 2.24) is 15.1 Å². The van der Waals surface area contributed by atoms with Crippen molar-refractivity contribution in [3.8, 4) is 0 Å². The molecule has 23 heavy (non-hydrogen) atoms. The molecule has 1 saturated heterocycles. The van der Waals surface area contributed by atoms with Gasteiger partial charge < -0.3 is 15.0 Å². The first-order valence-electron chi connectivity index (χ1n) is 7.89. The highest BCUT2D eigenvalue weighted by Crippen LogP contribution is 2.16. The Morgan fingerprint density at radius 1 is 1.26 bits per heavy atom. The van der Waals surface area contributed by atoms with Crippen LogP contribution in [-0.4, -0.2) is 46.3 Å². The van der Waals surface area contributed by atoms with E-state index in [-0.39, 0.29) is 18.1 Å². The van der Waals surface area contributed by atoms with E-state index in [4.69, 9.17) is 4.74 Å². The van der Waals surface area contributed by atoms with E-state index in [9.17, 15) is 4.79 Å². The van der Waals surface area contributed by atoms with Crippen LogP contribution in [0.15, 0.2) is 36.5 Å². The summed E-state index contributed by atoms with van der Waals surface area (Å²) in [5, 5.41) is 10.1. The molecule has 2 N–H and O–H groups in total. The van der Waals surface area contributed by atoms with Crippen molar-refractivity contribution in [3.05, 3.63) is 47.8 Å². The highest BCUT2D eigenvalue weighted by Gasteiger charge is 2.26. The molecule has 6 heteroatoms. The first kappa shape index (κ1) is 15.6. The van der Waals surface area contributed by atoms with Crippen molar-refractivity contribution in [2.75, 3.05) is 18.4 Å². The van der Waals surface area contributed by atoms with Crippen LogP contribution >= 0.6 is 0 Å². The molecule has 1 aliphatic heterocycles. The van der Waals surface area contributed by atoms with Gasteiger partial charge in [0.2, 0.25) is 0 Å². The molecular weight excluding hydrogens is 292 g/mol. The number of rotatable bonds is 4. The molecule has 3 rings (SSSR count). The number of aromatic amines is 1. The van der Waals surface area contributed by atoms with Crippen LogP contribution in [0.5, 0.6) is 0 Å². The number of morpholine rings is 1. The van der Waals surface area contributed by atoms with Gasteiger partial charge in [0.1, 0.15) is 0 Å². The molecule has 1 aromatic carbocycles. The number of amides is 1. The van der Waals surface area contributed by atoms with Crippen molar-refractivity contribution in [1.29, 1.82) is 0 Å². The van der Waals surface area contributed by atoms with Crippen LogP contribution in [0.3, 0.4) is 0 Å². The van der Waals surface area contributed by atoms with Crippen LogP contribution < -0.4 is 5.32 Å². The molecule has 1 aromatic heterocycles. The summed E-state index contributed by atoms with van der Waals surface area (Å²) in [5.74, 6) is 0.0621. The zero-order valence-electron chi connectivity index (χ0n) is 13.5. The molecule has 2 atom stereocenters. The minimum Gasteiger partial charge on any atom is -0.379 e. The Bertz CT molecular complexity index is 629. The van der Waals surface area contributed by atoms with Gasteiger partial charge in [0.15, 0.2) is 0 Å². The molecule has 0 saturated carbocycles. The first-order valence-corrected chi connectivity index (χ1v) is 7.89. The van der Waals surface area contributed by atoms with Crippen molar-refractivity contribution in [2.24, 2.45) is 0 Å². The fourth-order valence-electron chi connectivity index (χ4n) is 2.84. The summed E-state index contributed by atoms with van der Waals surface area (Å²) < 4.78 is 5.68. The molecule has 1 amide bonds. The largest absolute Gasteiger partial charge is 0.379 e. The van der Waals surface area contributed by atoms with Gasteiger partial charge in [-0.1, -0.05) is 0 Å². The molecule has 0 spiro atoms. The Morgan fingerprint density at radius 3 is 2.57 bits per heavy atom. The van der Waals surface area contributed by atoms with Crippen LogP contribution in [0.1, 0.15) is 29.9 Å². The van der Waals surface area contributed by atoms with E-state index < -0.39 is 0 Å². The first-order chi connectivity index (χ1) is 11.1. The number of anilines is 1. The second-order valence-electron chi connectivity index (χ2n) is 5.98. The monoisotopic (exact) mass is 314 g/mol. The molecule has 0 bridgehead atoms. The third kappa shape index (κ3) is 3.90. The van der Waals surface area contributed by atoms with E-state index in [0.717, 1.165) is 11.4 Å². The van der Waals surface area contributed by atoms with E-state index in [2.05, 4.69) is 15.5 Å². The average molecular weight is 314 g/mol. The van der Waals surface area contributed by atoms with Gasteiger partial charge in [-0.2, -0.15) is 5.10 Å². The summed E-state index contributed by atoms with van der Waals surface area (Å²) in [6.07, 6.45) is 1.89. The summed E-state index contributed by atoms with van der Waals surface area (Å²) in [6.45, 7) is 5.95. The summed E-state index contributed by atoms with van der Waals surface area (Å²) in [6, 6.07) is 9.50. The molecule has 2 aromatic rings. The highest BCUT2D eigenvalue weighted by molar-refractivity contribution is 5.94. The van der Waals surface area contributed by atoms with Gasteiger partial charge in [0.05, 0.1) is 24.4 Å². The second kappa shape index (κ2) is 6.83. The van der Waals surface area contributed by atoms with Crippen LogP contribution in [-0.2, 0) is 11.3 Å². The maximum Gasteiger partial charge on any atom is 0.254 e. The van der Waals surface area contributed by atoms with E-state index in [1.807, 2.05) is 49.1 Å². The van der Waals surface area contributed by atoms with Gasteiger partial charge >= 0.3 is 0 Å². The van der Waals surface area contributed by atoms with E-state index in [1.54, 1.807) is 6.20 Å². The lowest BCUT2D eigenvalue weighted by Gasteiger charge is -2.35. The fourth-order valence-corrected chi connectivity index (χ4v) is 2.84. The van der Waals surface area contributed by atoms with Crippen molar-refractivity contribution in [2.45, 2.75) is 32.6 Å². The van der Waals surface area contributed by atoms with Gasteiger partial charge in [0, 0.05) is 30.5 Å². The highest BCUT2D eigenvalue weighted by atomic mass is 16.5. The van der Waals surface area contributed by atoms with Crippen molar-refractivity contribution < 1.29 is 9.53 Å². The summed E-state index contributed by atoms with van der Waals surface area (Å²) in [7, 11) is 0. The third-order valence-corrected chi connectivity index (χ3v) is 3.88. The molecule has 2 unspecified atom stereocenters. The number of carbonyl (C=O) groups excluding carboxylic acids is 1. The smallest absolute Gasteiger partial charge is 0.254 e. The van der Waals surface area contributed by atoms with Gasteiger partial charge in [-0.3, -0.25) is 9.89 Å². The SMILES string of the molecule is CC1CN(C(=O)c2ccc(NCc3ccn[nH]3)cc2)CC(C)O1. The molecule has 2 heterocycles. The van der Waals surface area contributed by atoms with E-state index in [0.29, 0.717) is 25.2 Å². The van der Waals surface area contributed by atoms with Gasteiger partial charge in [-0.25, -0.2) is 0 Å². The van der Waals surface area contributed by atoms with Gasteiger partial charge in [0.25, 0.3) is 5.91 Å². The third-order valence-electron chi connectivity index (χ3n) is 3.88. The minimum absolute atomic E-state index is 0.0621. The predicted octanol–water partition coefficient (Wildman–Crippen LogP) is 2.27. The van der Waals surface area contributed by atoms with E-state index >= 15 is 0 Å². The van der Waals surface area contributed by atoms with Crippen LogP contribution in [0.2, 0.25) is 0 Å². The number of aromatic nitrogens is 2. The Labute approximate surface area is 135 Å². The van der Waals surface area contributed by atoms with E-state index in [1.165, 1.54) is 0 Å². The number of hydrogen-bond acceptors (Lipinski definition) is 4. The number of hydrogen-bond donors (Lipinski definition) is 2. The van der Waals surface area contributed by atoms with Crippen LogP contribution in [0.4, 0.5) is 5.69 Å². The number of carbonyl (C=O) groups is 1. The summed E-state index contributed by atoms with van der Waals surface area (Å²) >= 11 is 0. The van der Waals surface area contributed by atoms with Crippen LogP contribution in [0.25, 0.3) is 0 Å². The quantitative estimate of drug-likeness (QED) is 0.908. The predicted molar refractivity (Wildman–Crippen MR) is 88.3 cm³/mol. The lowest BCUT2D eigenvalue weighted by molar-refractivity contribution is -0.0586. The molecule has 122 valence electrons. The fraction of sp³-hybridized carbons (Fsp3) is 0.412. The Hall–Kier alpha value is -2.34. The number of nitrogens with zero attached hydrogens (tertiary/aromatic N) is 2. The zero-order valence-corrected chi connectivity index (χ0v) is 13.5. The molecule has 1 fully saturated rings. The van der Waals surface area contributed by atoms with Crippen molar-refractivity contribution in [3.63, 3.8) is 0 Å². The summed E-state index contributed by atoms with van der Waals surface area (Å²) in [4.78, 5) is 14.5. The Kier molecular flexibility index (Phi) is 4.62. The molecule has 0 radical (unpaired) electrons. The van der Waals surface area contributed by atoms with Crippen molar-refractivity contribution >= 4 is 11.6 Å². The number of benzene rings is 1. The maximum atomic E-state index is 12.6. The lowest BCUT2D eigenvalue weighted by Crippen LogP contribution is -2.48. The zero-order chi connectivity index (χ0) is 16.2. The molecule has 0 aliphatic carbocycles. The minimum atomic E-state index is 0.0621. The Balaban J connectivity index is 1.61. The van der Waals surface area contributed by atoms with Gasteiger partial charge in [-0.05, 0) is 44.2 Å². The average Bonchev–Trinajstić information content (AvgIpc) is 3.05. The number of ether oxygens (including phenoxy) is 1. The second-order valence-corrected chi connectivity index (χ2v) is 5.98. The molecular formula is C17H22N4O2. The topological polar surface area (TPSA) is 70.2 Å². The molecule has 1 aliphatic rings. The van der Waals surface area contributed by atoms with Gasteiger partial charge in [-0.15, -0.1) is 0 Å². The Morgan fingerprint density at radius 2 is 1.96 bits per heavy atom. The lowest BCUT2D eigenvalue weighted by atomic mass is 10.1. The number of H-pyrrole nitrogens is 1. The van der Waals surface area contributed by atoms with Crippen LogP contribution in [0, 0.1) is 0 Å². The normalized spacial score (nSPS) is 21.2. The number of nitrogens with one attached hydrogen (secondary N) is 2. The standard InChI is InChI=1S/C17H22N4O2/c1-12-10-21(11-13(2)23-12)17(22)14-3-5-15(6-4-14)18-9-16-7-8-19-20-16/h3-8,12-13,18H,9-11H2,1-2H3,(H,19,20). The summed E-state index contributed by atoms with van der Waals surface area (Å²) in [5.41, 5.74) is 2.69. The molecule has 6 nitrogen and oxygen atoms in total.